The lowest BCUT2D eigenvalue weighted by Gasteiger charge is -2.23. The summed E-state index contributed by atoms with van der Waals surface area (Å²) in [4.78, 5) is 17.4. The largest absolute Gasteiger partial charge is 0.348 e. The van der Waals surface area contributed by atoms with Crippen molar-refractivity contribution in [2.75, 3.05) is 13.1 Å². The highest BCUT2D eigenvalue weighted by molar-refractivity contribution is 6.33. The maximum absolute atomic E-state index is 12.8. The highest BCUT2D eigenvalue weighted by atomic mass is 35.5. The summed E-state index contributed by atoms with van der Waals surface area (Å²) in [6, 6.07) is 15.0. The van der Waals surface area contributed by atoms with Crippen LogP contribution in [0.25, 0.3) is 17.1 Å². The van der Waals surface area contributed by atoms with Gasteiger partial charge in [-0.15, -0.1) is 0 Å². The van der Waals surface area contributed by atoms with Gasteiger partial charge in [0.1, 0.15) is 11.5 Å². The van der Waals surface area contributed by atoms with Crippen molar-refractivity contribution in [1.82, 2.24) is 20.2 Å². The van der Waals surface area contributed by atoms with Gasteiger partial charge in [-0.1, -0.05) is 35.3 Å². The Labute approximate surface area is 173 Å². The lowest BCUT2D eigenvalue weighted by atomic mass is 10.1. The fraction of sp³-hybridized carbons (Fsp3) is 0.238. The van der Waals surface area contributed by atoms with Crippen LogP contribution in [0.3, 0.4) is 0 Å². The smallest absolute Gasteiger partial charge is 0.271 e. The number of rotatable bonds is 4. The average Bonchev–Trinajstić information content (AvgIpc) is 3.15. The number of aromatic nitrogens is 2. The predicted molar refractivity (Wildman–Crippen MR) is 112 cm³/mol. The Morgan fingerprint density at radius 2 is 1.79 bits per heavy atom. The van der Waals surface area contributed by atoms with E-state index >= 15 is 0 Å². The summed E-state index contributed by atoms with van der Waals surface area (Å²) in [7, 11) is 0. The Balaban J connectivity index is 1.72. The van der Waals surface area contributed by atoms with E-state index in [9.17, 15) is 4.79 Å². The van der Waals surface area contributed by atoms with Crippen molar-refractivity contribution in [2.45, 2.75) is 18.9 Å². The Bertz CT molecular complexity index is 978. The molecule has 28 heavy (non-hydrogen) atoms. The number of nitrogens with one attached hydrogen (secondary N) is 2. The number of piperidine rings is 1. The van der Waals surface area contributed by atoms with Crippen LogP contribution in [0.5, 0.6) is 0 Å². The van der Waals surface area contributed by atoms with Gasteiger partial charge in [-0.3, -0.25) is 9.36 Å². The van der Waals surface area contributed by atoms with Crippen molar-refractivity contribution < 1.29 is 4.79 Å². The van der Waals surface area contributed by atoms with Gasteiger partial charge in [-0.25, -0.2) is 4.98 Å². The van der Waals surface area contributed by atoms with E-state index in [0.29, 0.717) is 21.6 Å². The molecule has 3 aromatic rings. The number of carbonyl (C=O) groups excluding carboxylic acids is 1. The van der Waals surface area contributed by atoms with Crippen LogP contribution in [-0.4, -0.2) is 34.6 Å². The van der Waals surface area contributed by atoms with Crippen molar-refractivity contribution in [3.05, 3.63) is 70.5 Å². The third-order valence-corrected chi connectivity index (χ3v) is 5.41. The maximum Gasteiger partial charge on any atom is 0.271 e. The first kappa shape index (κ1) is 19.0. The van der Waals surface area contributed by atoms with Gasteiger partial charge in [0.15, 0.2) is 0 Å². The van der Waals surface area contributed by atoms with Gasteiger partial charge < -0.3 is 10.6 Å². The summed E-state index contributed by atoms with van der Waals surface area (Å²) >= 11 is 12.4. The molecule has 2 aromatic carbocycles. The van der Waals surface area contributed by atoms with Crippen LogP contribution in [0.15, 0.2) is 54.7 Å². The lowest BCUT2D eigenvalue weighted by Crippen LogP contribution is -2.42. The first-order chi connectivity index (χ1) is 13.6. The molecule has 5 nitrogen and oxygen atoms in total. The molecule has 1 fully saturated rings. The molecule has 1 aromatic heterocycles. The minimum Gasteiger partial charge on any atom is -0.348 e. The second kappa shape index (κ2) is 8.35. The molecule has 7 heteroatoms. The van der Waals surface area contributed by atoms with Gasteiger partial charge >= 0.3 is 0 Å². The normalized spacial score (nSPS) is 14.8. The molecular weight excluding hydrogens is 395 g/mol. The van der Waals surface area contributed by atoms with E-state index in [4.69, 9.17) is 23.2 Å². The maximum atomic E-state index is 12.8. The van der Waals surface area contributed by atoms with Gasteiger partial charge in [-0.2, -0.15) is 0 Å². The van der Waals surface area contributed by atoms with E-state index < -0.39 is 0 Å². The number of carbonyl (C=O) groups is 1. The Morgan fingerprint density at radius 1 is 1.07 bits per heavy atom. The van der Waals surface area contributed by atoms with Gasteiger partial charge in [0.05, 0.1) is 5.02 Å². The van der Waals surface area contributed by atoms with Crippen LogP contribution in [-0.2, 0) is 0 Å². The molecule has 0 saturated carbocycles. The van der Waals surface area contributed by atoms with Crippen LogP contribution in [0, 0.1) is 0 Å². The quantitative estimate of drug-likeness (QED) is 0.667. The number of benzene rings is 2. The average molecular weight is 415 g/mol. The predicted octanol–water partition coefficient (Wildman–Crippen LogP) is 4.33. The molecule has 0 radical (unpaired) electrons. The second-order valence-electron chi connectivity index (χ2n) is 6.77. The molecule has 1 aliphatic heterocycles. The number of imidazole rings is 1. The summed E-state index contributed by atoms with van der Waals surface area (Å²) < 4.78 is 1.87. The first-order valence-electron chi connectivity index (χ1n) is 9.23. The number of halogens is 2. The van der Waals surface area contributed by atoms with Crippen molar-refractivity contribution >= 4 is 29.1 Å². The van der Waals surface area contributed by atoms with Gasteiger partial charge in [0, 0.05) is 28.5 Å². The van der Waals surface area contributed by atoms with Gasteiger partial charge in [0.25, 0.3) is 5.91 Å². The van der Waals surface area contributed by atoms with Gasteiger partial charge in [0.2, 0.25) is 0 Å². The summed E-state index contributed by atoms with van der Waals surface area (Å²) in [5.74, 6) is 0.441. The van der Waals surface area contributed by atoms with E-state index in [-0.39, 0.29) is 11.9 Å². The van der Waals surface area contributed by atoms with E-state index in [1.807, 2.05) is 53.1 Å². The number of nitrogens with zero attached hydrogens (tertiary/aromatic N) is 2. The third-order valence-electron chi connectivity index (χ3n) is 4.83. The molecule has 2 N–H and O–H groups in total. The van der Waals surface area contributed by atoms with Crippen LogP contribution in [0.2, 0.25) is 10.0 Å². The SMILES string of the molecule is O=C(NC1CCNCC1)c1cn(-c2ccc(Cl)cc2)c(-c2ccccc2Cl)n1. The van der Waals surface area contributed by atoms with Gasteiger partial charge in [-0.05, 0) is 62.3 Å². The molecule has 2 heterocycles. The van der Waals surface area contributed by atoms with Crippen molar-refractivity contribution in [3.8, 4) is 17.1 Å². The summed E-state index contributed by atoms with van der Waals surface area (Å²) in [6.07, 6.45) is 3.58. The molecule has 0 unspecified atom stereocenters. The molecule has 0 aliphatic carbocycles. The minimum atomic E-state index is -0.173. The van der Waals surface area contributed by atoms with Crippen molar-refractivity contribution in [2.24, 2.45) is 0 Å². The summed E-state index contributed by atoms with van der Waals surface area (Å²) in [6.45, 7) is 1.82. The zero-order valence-electron chi connectivity index (χ0n) is 15.2. The van der Waals surface area contributed by atoms with Crippen LogP contribution in [0.1, 0.15) is 23.3 Å². The zero-order valence-corrected chi connectivity index (χ0v) is 16.7. The highest BCUT2D eigenvalue weighted by Crippen LogP contribution is 2.29. The molecule has 1 aliphatic rings. The Morgan fingerprint density at radius 3 is 2.50 bits per heavy atom. The summed E-state index contributed by atoms with van der Waals surface area (Å²) in [5.41, 5.74) is 1.98. The summed E-state index contributed by atoms with van der Waals surface area (Å²) in [5, 5.41) is 7.61. The van der Waals surface area contributed by atoms with Crippen molar-refractivity contribution in [1.29, 1.82) is 0 Å². The molecule has 1 saturated heterocycles. The van der Waals surface area contributed by atoms with Crippen LogP contribution < -0.4 is 10.6 Å². The molecular formula is C21H20Cl2N4O. The number of hydrogen-bond donors (Lipinski definition) is 2. The molecule has 0 bridgehead atoms. The monoisotopic (exact) mass is 414 g/mol. The third kappa shape index (κ3) is 4.07. The van der Waals surface area contributed by atoms with E-state index in [2.05, 4.69) is 15.6 Å². The number of amides is 1. The van der Waals surface area contributed by atoms with E-state index in [0.717, 1.165) is 37.2 Å². The first-order valence-corrected chi connectivity index (χ1v) is 9.99. The minimum absolute atomic E-state index is 0.165. The van der Waals surface area contributed by atoms with E-state index in [1.54, 1.807) is 6.20 Å². The standard InChI is InChI=1S/C21H20Cl2N4O/c22-14-5-7-16(8-6-14)27-13-19(21(28)25-15-9-11-24-12-10-15)26-20(27)17-3-1-2-4-18(17)23/h1-8,13,15,24H,9-12H2,(H,25,28). The molecule has 0 spiro atoms. The number of hydrogen-bond acceptors (Lipinski definition) is 3. The fourth-order valence-electron chi connectivity index (χ4n) is 3.35. The Kier molecular flexibility index (Phi) is 5.67. The van der Waals surface area contributed by atoms with Crippen LogP contribution >= 0.6 is 23.2 Å². The fourth-order valence-corrected chi connectivity index (χ4v) is 3.69. The molecule has 144 valence electrons. The van der Waals surface area contributed by atoms with Crippen LogP contribution in [0.4, 0.5) is 0 Å². The lowest BCUT2D eigenvalue weighted by molar-refractivity contribution is 0.0925. The zero-order chi connectivity index (χ0) is 19.5. The second-order valence-corrected chi connectivity index (χ2v) is 7.62. The molecule has 1 amide bonds. The highest BCUT2D eigenvalue weighted by Gasteiger charge is 2.21. The van der Waals surface area contributed by atoms with E-state index in [1.165, 1.54) is 0 Å². The molecule has 4 rings (SSSR count). The topological polar surface area (TPSA) is 59.0 Å². The molecule has 0 atom stereocenters. The Hall–Kier alpha value is -2.34. The van der Waals surface area contributed by atoms with Crippen molar-refractivity contribution in [3.63, 3.8) is 0 Å².